The van der Waals surface area contributed by atoms with E-state index in [4.69, 9.17) is 9.47 Å². The van der Waals surface area contributed by atoms with Gasteiger partial charge in [-0.25, -0.2) is 0 Å². The first-order valence-corrected chi connectivity index (χ1v) is 5.68. The van der Waals surface area contributed by atoms with E-state index in [0.717, 1.165) is 35.4 Å². The zero-order chi connectivity index (χ0) is 12.3. The molecular weight excluding hydrogens is 214 g/mol. The summed E-state index contributed by atoms with van der Waals surface area (Å²) < 4.78 is 10.3. The van der Waals surface area contributed by atoms with Crippen molar-refractivity contribution >= 4 is 10.9 Å². The van der Waals surface area contributed by atoms with Crippen LogP contribution in [-0.4, -0.2) is 25.8 Å². The molecule has 17 heavy (non-hydrogen) atoms. The van der Waals surface area contributed by atoms with Gasteiger partial charge in [0.1, 0.15) is 5.75 Å². The van der Waals surface area contributed by atoms with Crippen LogP contribution in [0.2, 0.25) is 0 Å². The zero-order valence-electron chi connectivity index (χ0n) is 10.5. The molecule has 0 atom stereocenters. The van der Waals surface area contributed by atoms with Crippen molar-refractivity contribution in [2.75, 3.05) is 20.8 Å². The maximum absolute atomic E-state index is 5.20. The fraction of sp³-hybridized carbons (Fsp3) is 0.357. The Bertz CT molecular complexity index is 523. The minimum atomic E-state index is 0.726. The maximum Gasteiger partial charge on any atom is 0.121 e. The van der Waals surface area contributed by atoms with Gasteiger partial charge in [-0.3, -0.25) is 4.98 Å². The van der Waals surface area contributed by atoms with E-state index in [1.54, 1.807) is 14.2 Å². The van der Waals surface area contributed by atoms with Gasteiger partial charge in [0.15, 0.2) is 0 Å². The molecule has 0 radical (unpaired) electrons. The molecule has 3 nitrogen and oxygen atoms in total. The number of methoxy groups -OCH3 is 2. The number of fused-ring (bicyclic) bond motifs is 1. The summed E-state index contributed by atoms with van der Waals surface area (Å²) in [5, 5.41) is 1.14. The fourth-order valence-corrected chi connectivity index (χ4v) is 1.88. The van der Waals surface area contributed by atoms with Gasteiger partial charge < -0.3 is 9.47 Å². The molecule has 0 aliphatic carbocycles. The van der Waals surface area contributed by atoms with E-state index in [-0.39, 0.29) is 0 Å². The van der Waals surface area contributed by atoms with E-state index in [1.165, 1.54) is 5.56 Å². The number of nitrogens with zero attached hydrogens (tertiary/aromatic N) is 1. The fourth-order valence-electron chi connectivity index (χ4n) is 1.88. The Balaban J connectivity index is 2.43. The van der Waals surface area contributed by atoms with Crippen molar-refractivity contribution in [3.63, 3.8) is 0 Å². The number of aryl methyl sites for hydroxylation is 1. The molecule has 0 unspecified atom stereocenters. The predicted octanol–water partition coefficient (Wildman–Crippen LogP) is 2.74. The standard InChI is InChI=1S/C14H17NO2/c1-10-11(6-7-16-2)8-12-4-5-13(17-3)9-14(12)15-10/h4-5,8-9H,6-7H2,1-3H3. The molecule has 0 saturated heterocycles. The highest BCUT2D eigenvalue weighted by Gasteiger charge is 2.04. The summed E-state index contributed by atoms with van der Waals surface area (Å²) >= 11 is 0. The molecule has 0 fully saturated rings. The first kappa shape index (κ1) is 11.9. The third-order valence-electron chi connectivity index (χ3n) is 2.90. The summed E-state index contributed by atoms with van der Waals surface area (Å²) in [5.41, 5.74) is 3.27. The molecule has 0 bridgehead atoms. The smallest absolute Gasteiger partial charge is 0.121 e. The highest BCUT2D eigenvalue weighted by atomic mass is 16.5. The van der Waals surface area contributed by atoms with Crippen molar-refractivity contribution in [1.82, 2.24) is 4.98 Å². The molecule has 1 heterocycles. The predicted molar refractivity (Wildman–Crippen MR) is 68.6 cm³/mol. The number of benzene rings is 1. The molecule has 0 spiro atoms. The number of rotatable bonds is 4. The lowest BCUT2D eigenvalue weighted by molar-refractivity contribution is 0.202. The molecule has 3 heteroatoms. The van der Waals surface area contributed by atoms with E-state index >= 15 is 0 Å². The van der Waals surface area contributed by atoms with E-state index in [9.17, 15) is 0 Å². The van der Waals surface area contributed by atoms with Crippen LogP contribution in [0.3, 0.4) is 0 Å². The van der Waals surface area contributed by atoms with Crippen LogP contribution < -0.4 is 4.74 Å². The van der Waals surface area contributed by atoms with Crippen molar-refractivity contribution in [3.05, 3.63) is 35.5 Å². The van der Waals surface area contributed by atoms with Gasteiger partial charge in [0.25, 0.3) is 0 Å². The molecule has 1 aromatic carbocycles. The van der Waals surface area contributed by atoms with Gasteiger partial charge >= 0.3 is 0 Å². The van der Waals surface area contributed by atoms with Gasteiger partial charge in [0, 0.05) is 24.3 Å². The highest BCUT2D eigenvalue weighted by molar-refractivity contribution is 5.81. The normalized spacial score (nSPS) is 10.8. The summed E-state index contributed by atoms with van der Waals surface area (Å²) in [6, 6.07) is 8.13. The number of hydrogen-bond acceptors (Lipinski definition) is 3. The third-order valence-corrected chi connectivity index (χ3v) is 2.90. The molecule has 0 saturated carbocycles. The van der Waals surface area contributed by atoms with E-state index in [1.807, 2.05) is 25.1 Å². The first-order valence-electron chi connectivity index (χ1n) is 5.68. The van der Waals surface area contributed by atoms with Gasteiger partial charge in [-0.05, 0) is 37.1 Å². The average Bonchev–Trinajstić information content (AvgIpc) is 2.35. The first-order chi connectivity index (χ1) is 8.24. The number of ether oxygens (including phenoxy) is 2. The second-order valence-corrected chi connectivity index (χ2v) is 4.03. The Kier molecular flexibility index (Phi) is 3.59. The van der Waals surface area contributed by atoms with Gasteiger partial charge in [-0.2, -0.15) is 0 Å². The summed E-state index contributed by atoms with van der Waals surface area (Å²) in [6.07, 6.45) is 0.900. The Morgan fingerprint density at radius 1 is 1.18 bits per heavy atom. The summed E-state index contributed by atoms with van der Waals surface area (Å²) in [7, 11) is 3.38. The lowest BCUT2D eigenvalue weighted by atomic mass is 10.1. The summed E-state index contributed by atoms with van der Waals surface area (Å²) in [6.45, 7) is 2.76. The SMILES string of the molecule is COCCc1cc2ccc(OC)cc2nc1C. The van der Waals surface area contributed by atoms with Crippen LogP contribution in [-0.2, 0) is 11.2 Å². The zero-order valence-corrected chi connectivity index (χ0v) is 10.5. The van der Waals surface area contributed by atoms with Crippen LogP contribution in [0.5, 0.6) is 5.75 Å². The minimum absolute atomic E-state index is 0.726. The van der Waals surface area contributed by atoms with E-state index in [2.05, 4.69) is 11.1 Å². The molecule has 2 rings (SSSR count). The molecule has 0 N–H and O–H groups in total. The van der Waals surface area contributed by atoms with Gasteiger partial charge in [-0.1, -0.05) is 0 Å². The monoisotopic (exact) mass is 231 g/mol. The molecule has 0 aliphatic rings. The van der Waals surface area contributed by atoms with Crippen LogP contribution in [0.15, 0.2) is 24.3 Å². The third kappa shape index (κ3) is 2.56. The van der Waals surface area contributed by atoms with Gasteiger partial charge in [-0.15, -0.1) is 0 Å². The van der Waals surface area contributed by atoms with Gasteiger partial charge in [0.2, 0.25) is 0 Å². The molecule has 1 aromatic heterocycles. The van der Waals surface area contributed by atoms with Crippen LogP contribution in [0.1, 0.15) is 11.3 Å². The van der Waals surface area contributed by atoms with Crippen molar-refractivity contribution < 1.29 is 9.47 Å². The van der Waals surface area contributed by atoms with Crippen molar-refractivity contribution in [3.8, 4) is 5.75 Å². The van der Waals surface area contributed by atoms with Crippen molar-refractivity contribution in [1.29, 1.82) is 0 Å². The number of pyridine rings is 1. The maximum atomic E-state index is 5.20. The average molecular weight is 231 g/mol. The Labute approximate surface area is 101 Å². The second-order valence-electron chi connectivity index (χ2n) is 4.03. The number of hydrogen-bond donors (Lipinski definition) is 0. The Hall–Kier alpha value is -1.61. The van der Waals surface area contributed by atoms with Gasteiger partial charge in [0.05, 0.1) is 19.2 Å². The van der Waals surface area contributed by atoms with E-state index in [0.29, 0.717) is 0 Å². The molecule has 90 valence electrons. The lowest BCUT2D eigenvalue weighted by Gasteiger charge is -2.08. The Morgan fingerprint density at radius 2 is 2.00 bits per heavy atom. The molecular formula is C14H17NO2. The van der Waals surface area contributed by atoms with Crippen LogP contribution in [0.25, 0.3) is 10.9 Å². The van der Waals surface area contributed by atoms with Crippen molar-refractivity contribution in [2.45, 2.75) is 13.3 Å². The number of aromatic nitrogens is 1. The molecule has 0 amide bonds. The molecule has 0 aliphatic heterocycles. The summed E-state index contributed by atoms with van der Waals surface area (Å²) in [5.74, 6) is 0.842. The molecule has 2 aromatic rings. The second kappa shape index (κ2) is 5.15. The van der Waals surface area contributed by atoms with Crippen LogP contribution in [0.4, 0.5) is 0 Å². The van der Waals surface area contributed by atoms with E-state index < -0.39 is 0 Å². The minimum Gasteiger partial charge on any atom is -0.497 e. The summed E-state index contributed by atoms with van der Waals surface area (Å²) in [4.78, 5) is 4.60. The topological polar surface area (TPSA) is 31.4 Å². The van der Waals surface area contributed by atoms with Crippen LogP contribution in [0, 0.1) is 6.92 Å². The lowest BCUT2D eigenvalue weighted by Crippen LogP contribution is -1.99. The van der Waals surface area contributed by atoms with Crippen LogP contribution >= 0.6 is 0 Å². The largest absolute Gasteiger partial charge is 0.497 e. The van der Waals surface area contributed by atoms with Crippen molar-refractivity contribution in [2.24, 2.45) is 0 Å². The quantitative estimate of drug-likeness (QED) is 0.810. The highest BCUT2D eigenvalue weighted by Crippen LogP contribution is 2.21. The Morgan fingerprint density at radius 3 is 2.71 bits per heavy atom.